The third kappa shape index (κ3) is 3.87. The maximum absolute atomic E-state index is 13.4. The summed E-state index contributed by atoms with van der Waals surface area (Å²) < 4.78 is 10.1. The molecule has 2 atom stereocenters. The predicted molar refractivity (Wildman–Crippen MR) is 117 cm³/mol. The topological polar surface area (TPSA) is 132 Å². The maximum atomic E-state index is 13.4. The van der Waals surface area contributed by atoms with Crippen LogP contribution in [0.1, 0.15) is 40.0 Å². The van der Waals surface area contributed by atoms with Crippen LogP contribution in [0.3, 0.4) is 0 Å². The summed E-state index contributed by atoms with van der Waals surface area (Å²) in [4.78, 5) is 43.3. The zero-order valence-electron chi connectivity index (χ0n) is 18.2. The largest absolute Gasteiger partial charge is 0.424 e. The molecule has 2 unspecified atom stereocenters. The zero-order valence-corrected chi connectivity index (χ0v) is 18.2. The molecule has 2 aromatic rings. The average molecular weight is 451 g/mol. The van der Waals surface area contributed by atoms with Gasteiger partial charge in [0.15, 0.2) is 5.78 Å². The molecule has 1 aliphatic carbocycles. The molecule has 172 valence electrons. The van der Waals surface area contributed by atoms with Crippen LogP contribution >= 0.6 is 0 Å². The molecule has 2 bridgehead atoms. The van der Waals surface area contributed by atoms with E-state index in [4.69, 9.17) is 15.2 Å². The van der Waals surface area contributed by atoms with Gasteiger partial charge in [-0.1, -0.05) is 12.1 Å². The third-order valence-electron chi connectivity index (χ3n) is 6.85. The van der Waals surface area contributed by atoms with Crippen LogP contribution in [-0.4, -0.2) is 57.9 Å². The van der Waals surface area contributed by atoms with Crippen LogP contribution in [0.4, 0.5) is 5.69 Å². The molecule has 2 aliphatic heterocycles. The number of pyridine rings is 1. The van der Waals surface area contributed by atoms with Crippen LogP contribution in [0.15, 0.2) is 24.3 Å². The van der Waals surface area contributed by atoms with Gasteiger partial charge < -0.3 is 20.3 Å². The van der Waals surface area contributed by atoms with E-state index in [9.17, 15) is 19.5 Å². The van der Waals surface area contributed by atoms with Gasteiger partial charge in [-0.05, 0) is 56.5 Å². The van der Waals surface area contributed by atoms with Crippen LogP contribution in [0.2, 0.25) is 0 Å². The third-order valence-corrected chi connectivity index (χ3v) is 6.85. The Balaban J connectivity index is 1.32. The number of likely N-dealkylation sites (tertiary alicyclic amines) is 1. The minimum absolute atomic E-state index is 0.00978. The molecule has 33 heavy (non-hydrogen) atoms. The summed E-state index contributed by atoms with van der Waals surface area (Å²) in [5.41, 5.74) is 9.61. The summed E-state index contributed by atoms with van der Waals surface area (Å²) in [5, 5.41) is 10.8. The number of ketones is 1. The van der Waals surface area contributed by atoms with Crippen molar-refractivity contribution in [2.24, 2.45) is 5.92 Å². The fourth-order valence-electron chi connectivity index (χ4n) is 5.14. The standard InChI is InChI=1S/C24H25N3O6/c1-12-9-19-20(22(26-12)33-24(31)23(30)32-19)21(29)13-5-7-27(8-6-13)17-11-15-14(10-18(17)28)3-2-4-16(15)25/h2-4,9,13,17-18,28H,5-8,10-11,25H2,1H3. The molecule has 1 fully saturated rings. The molecule has 0 radical (unpaired) electrons. The highest BCUT2D eigenvalue weighted by Gasteiger charge is 2.39. The Kier molecular flexibility index (Phi) is 5.38. The van der Waals surface area contributed by atoms with Crippen LogP contribution in [0, 0.1) is 12.8 Å². The number of rotatable bonds is 3. The molecule has 3 aliphatic rings. The highest BCUT2D eigenvalue weighted by Crippen LogP contribution is 2.36. The lowest BCUT2D eigenvalue weighted by Crippen LogP contribution is -2.51. The molecule has 0 saturated carbocycles. The Bertz CT molecular complexity index is 1120. The van der Waals surface area contributed by atoms with Gasteiger partial charge in [0.25, 0.3) is 0 Å². The molecule has 1 aromatic heterocycles. The number of ether oxygens (including phenoxy) is 2. The van der Waals surface area contributed by atoms with Crippen molar-refractivity contribution in [1.29, 1.82) is 0 Å². The SMILES string of the molecule is Cc1cc2c(C(=O)C3CCN(C4Cc5c(N)cccc5CC4O)CC3)c(n1)OC(=O)C(=O)O2. The van der Waals surface area contributed by atoms with E-state index < -0.39 is 18.0 Å². The molecule has 0 spiro atoms. The number of anilines is 1. The van der Waals surface area contributed by atoms with Gasteiger partial charge in [0.2, 0.25) is 5.88 Å². The lowest BCUT2D eigenvalue weighted by Gasteiger charge is -2.42. The van der Waals surface area contributed by atoms with Crippen LogP contribution in [0.5, 0.6) is 11.6 Å². The lowest BCUT2D eigenvalue weighted by atomic mass is 9.82. The monoisotopic (exact) mass is 451 g/mol. The first kappa shape index (κ1) is 21.5. The first-order valence-electron chi connectivity index (χ1n) is 11.1. The number of hydrogen-bond donors (Lipinski definition) is 2. The summed E-state index contributed by atoms with van der Waals surface area (Å²) in [5.74, 6) is -3.13. The first-order chi connectivity index (χ1) is 15.8. The number of benzene rings is 1. The second kappa shape index (κ2) is 8.24. The number of aromatic nitrogens is 1. The van der Waals surface area contributed by atoms with E-state index in [1.54, 1.807) is 6.92 Å². The summed E-state index contributed by atoms with van der Waals surface area (Å²) in [6.07, 6.45) is 1.85. The number of aliphatic hydroxyl groups excluding tert-OH is 1. The summed E-state index contributed by atoms with van der Waals surface area (Å²) in [6.45, 7) is 2.92. The van der Waals surface area contributed by atoms with Crippen molar-refractivity contribution in [3.05, 3.63) is 46.6 Å². The Morgan fingerprint density at radius 1 is 1.15 bits per heavy atom. The van der Waals surface area contributed by atoms with Crippen LogP contribution in [-0.2, 0) is 22.4 Å². The molecule has 0 amide bonds. The van der Waals surface area contributed by atoms with Gasteiger partial charge in [-0.3, -0.25) is 9.69 Å². The molecular weight excluding hydrogens is 426 g/mol. The highest BCUT2D eigenvalue weighted by molar-refractivity contribution is 6.31. The molecule has 1 aromatic carbocycles. The van der Waals surface area contributed by atoms with Gasteiger partial charge in [0.05, 0.1) is 6.10 Å². The van der Waals surface area contributed by atoms with Gasteiger partial charge in [-0.25, -0.2) is 14.6 Å². The van der Waals surface area contributed by atoms with Crippen molar-refractivity contribution in [3.8, 4) is 11.6 Å². The van der Waals surface area contributed by atoms with Crippen molar-refractivity contribution >= 4 is 23.4 Å². The fraction of sp³-hybridized carbons (Fsp3) is 0.417. The molecular formula is C24H25N3O6. The number of nitrogens with zero attached hydrogens (tertiary/aromatic N) is 2. The number of carbonyl (C=O) groups is 3. The number of esters is 2. The highest BCUT2D eigenvalue weighted by atomic mass is 16.6. The fourth-order valence-corrected chi connectivity index (χ4v) is 5.14. The average Bonchev–Trinajstić information content (AvgIpc) is 2.85. The Labute approximate surface area is 190 Å². The molecule has 9 heteroatoms. The number of piperidine rings is 1. The smallest absolute Gasteiger partial charge is 0.417 e. The van der Waals surface area contributed by atoms with Gasteiger partial charge in [0.1, 0.15) is 11.3 Å². The van der Waals surface area contributed by atoms with Crippen molar-refractivity contribution < 1.29 is 29.0 Å². The van der Waals surface area contributed by atoms with Gasteiger partial charge in [0, 0.05) is 35.8 Å². The molecule has 1 saturated heterocycles. The number of carbonyl (C=O) groups excluding carboxylic acids is 3. The second-order valence-corrected chi connectivity index (χ2v) is 8.92. The van der Waals surface area contributed by atoms with Crippen molar-refractivity contribution in [1.82, 2.24) is 9.88 Å². The molecule has 3 heterocycles. The van der Waals surface area contributed by atoms with Gasteiger partial charge >= 0.3 is 11.9 Å². The number of Topliss-reactive ketones (excluding diaryl/α,β-unsaturated/α-hetero) is 1. The van der Waals surface area contributed by atoms with E-state index in [0.717, 1.165) is 16.8 Å². The summed E-state index contributed by atoms with van der Waals surface area (Å²) >= 11 is 0. The van der Waals surface area contributed by atoms with E-state index in [2.05, 4.69) is 9.88 Å². The van der Waals surface area contributed by atoms with E-state index >= 15 is 0 Å². The minimum Gasteiger partial charge on any atom is -0.417 e. The predicted octanol–water partition coefficient (Wildman–Crippen LogP) is 1.22. The molecule has 9 nitrogen and oxygen atoms in total. The normalized spacial score (nSPS) is 23.3. The van der Waals surface area contributed by atoms with Gasteiger partial charge in [-0.2, -0.15) is 0 Å². The number of aliphatic hydroxyl groups is 1. The Morgan fingerprint density at radius 3 is 2.64 bits per heavy atom. The number of nitrogens with two attached hydrogens (primary N) is 1. The number of nitrogen functional groups attached to an aromatic ring is 1. The number of aryl methyl sites for hydroxylation is 1. The summed E-state index contributed by atoms with van der Waals surface area (Å²) in [6, 6.07) is 7.20. The van der Waals surface area contributed by atoms with Crippen LogP contribution in [0.25, 0.3) is 0 Å². The Morgan fingerprint density at radius 2 is 1.88 bits per heavy atom. The molecule has 5 rings (SSSR count). The first-order valence-corrected chi connectivity index (χ1v) is 11.1. The maximum Gasteiger partial charge on any atom is 0.424 e. The quantitative estimate of drug-likeness (QED) is 0.306. The second-order valence-electron chi connectivity index (χ2n) is 8.92. The summed E-state index contributed by atoms with van der Waals surface area (Å²) in [7, 11) is 0. The van der Waals surface area contributed by atoms with E-state index in [1.807, 2.05) is 18.2 Å². The van der Waals surface area contributed by atoms with E-state index in [0.29, 0.717) is 44.5 Å². The zero-order chi connectivity index (χ0) is 23.3. The van der Waals surface area contributed by atoms with Crippen molar-refractivity contribution in [2.45, 2.75) is 44.8 Å². The van der Waals surface area contributed by atoms with Crippen LogP contribution < -0.4 is 15.2 Å². The van der Waals surface area contributed by atoms with Crippen molar-refractivity contribution in [3.63, 3.8) is 0 Å². The van der Waals surface area contributed by atoms with Gasteiger partial charge in [-0.15, -0.1) is 0 Å². The van der Waals surface area contributed by atoms with E-state index in [-0.39, 0.29) is 34.9 Å². The molecule has 3 N–H and O–H groups in total. The lowest BCUT2D eigenvalue weighted by molar-refractivity contribution is -0.155. The number of fused-ring (bicyclic) bond motifs is 3. The van der Waals surface area contributed by atoms with Crippen molar-refractivity contribution in [2.75, 3.05) is 18.8 Å². The number of hydrogen-bond acceptors (Lipinski definition) is 9. The minimum atomic E-state index is -1.20. The van der Waals surface area contributed by atoms with E-state index in [1.165, 1.54) is 6.07 Å². The Hall–Kier alpha value is -3.30.